The number of aliphatic imine (C=N–C) groups is 1. The van der Waals surface area contributed by atoms with Gasteiger partial charge in [0.15, 0.2) is 0 Å². The van der Waals surface area contributed by atoms with Gasteiger partial charge in [0.05, 0.1) is 22.3 Å². The van der Waals surface area contributed by atoms with Gasteiger partial charge in [-0.2, -0.15) is 0 Å². The third-order valence-corrected chi connectivity index (χ3v) is 8.69. The van der Waals surface area contributed by atoms with E-state index in [1.165, 1.54) is 6.07 Å². The summed E-state index contributed by atoms with van der Waals surface area (Å²) in [6.07, 6.45) is 1.34. The van der Waals surface area contributed by atoms with Crippen molar-refractivity contribution in [3.63, 3.8) is 0 Å². The van der Waals surface area contributed by atoms with Crippen LogP contribution in [0, 0.1) is 6.92 Å². The highest BCUT2D eigenvalue weighted by Crippen LogP contribution is 2.36. The van der Waals surface area contributed by atoms with Crippen molar-refractivity contribution >= 4 is 33.0 Å². The summed E-state index contributed by atoms with van der Waals surface area (Å²) in [5.74, 6) is 0.181. The fourth-order valence-electron chi connectivity index (χ4n) is 5.26. The van der Waals surface area contributed by atoms with E-state index in [9.17, 15) is 13.5 Å². The molecule has 204 valence electrons. The number of anilines is 1. The average molecular weight is 572 g/mol. The van der Waals surface area contributed by atoms with Gasteiger partial charge in [-0.05, 0) is 90.6 Å². The number of sulfonamides is 1. The van der Waals surface area contributed by atoms with Crippen LogP contribution in [0.25, 0.3) is 11.1 Å². The van der Waals surface area contributed by atoms with Crippen LogP contribution >= 0.6 is 11.6 Å². The topological polar surface area (TPSA) is 96.0 Å². The number of benzodiazepines with no additional fused rings is 1. The van der Waals surface area contributed by atoms with Crippen LogP contribution < -0.4 is 10.0 Å². The lowest BCUT2D eigenvalue weighted by molar-refractivity contribution is 0.475. The molecule has 0 saturated heterocycles. The molecule has 4 aromatic carbocycles. The number of nitrogens with two attached hydrogens (primary N) is 1. The van der Waals surface area contributed by atoms with Gasteiger partial charge in [-0.3, -0.25) is 4.99 Å². The van der Waals surface area contributed by atoms with Crippen molar-refractivity contribution in [3.05, 3.63) is 124 Å². The number of likely N-dealkylation sites (N-methyl/N-ethyl adjacent to an activating group) is 1. The zero-order chi connectivity index (χ0) is 28.6. The van der Waals surface area contributed by atoms with Crippen LogP contribution in [0.1, 0.15) is 28.7 Å². The number of phenols is 1. The first kappa shape index (κ1) is 27.6. The summed E-state index contributed by atoms with van der Waals surface area (Å²) in [6.45, 7) is 6.19. The second-order valence-corrected chi connectivity index (χ2v) is 11.9. The molecule has 40 heavy (non-hydrogen) atoms. The van der Waals surface area contributed by atoms with Gasteiger partial charge in [-0.15, -0.1) is 0 Å². The highest BCUT2D eigenvalue weighted by molar-refractivity contribution is 7.89. The Morgan fingerprint density at radius 2 is 1.68 bits per heavy atom. The van der Waals surface area contributed by atoms with Crippen LogP contribution in [0.3, 0.4) is 0 Å². The number of phenolic OH excluding ortho intramolecular Hbond substituents is 1. The molecule has 6 nitrogen and oxygen atoms in total. The van der Waals surface area contributed by atoms with Gasteiger partial charge in [0.2, 0.25) is 10.0 Å². The first-order valence-corrected chi connectivity index (χ1v) is 14.8. The van der Waals surface area contributed by atoms with Gasteiger partial charge in [0.1, 0.15) is 5.75 Å². The van der Waals surface area contributed by atoms with Crippen molar-refractivity contribution in [2.24, 2.45) is 10.1 Å². The molecular formula is C32H30ClN3O3S. The first-order chi connectivity index (χ1) is 19.0. The van der Waals surface area contributed by atoms with Crippen molar-refractivity contribution in [2.45, 2.75) is 30.7 Å². The van der Waals surface area contributed by atoms with Crippen molar-refractivity contribution in [1.29, 1.82) is 0 Å². The van der Waals surface area contributed by atoms with E-state index >= 15 is 0 Å². The van der Waals surface area contributed by atoms with Gasteiger partial charge in [-0.1, -0.05) is 54.6 Å². The Morgan fingerprint density at radius 3 is 2.40 bits per heavy atom. The molecule has 0 radical (unpaired) electrons. The van der Waals surface area contributed by atoms with Crippen LogP contribution in [-0.4, -0.2) is 32.3 Å². The van der Waals surface area contributed by atoms with Gasteiger partial charge in [0, 0.05) is 28.9 Å². The Kier molecular flexibility index (Phi) is 7.55. The van der Waals surface area contributed by atoms with E-state index in [0.29, 0.717) is 23.4 Å². The van der Waals surface area contributed by atoms with Crippen LogP contribution in [0.5, 0.6) is 5.75 Å². The quantitative estimate of drug-likeness (QED) is 0.277. The zero-order valence-electron chi connectivity index (χ0n) is 22.3. The molecule has 1 atom stereocenters. The molecule has 0 amide bonds. The lowest BCUT2D eigenvalue weighted by Crippen LogP contribution is -2.24. The lowest BCUT2D eigenvalue weighted by atomic mass is 9.92. The summed E-state index contributed by atoms with van der Waals surface area (Å²) in [5, 5.41) is 16.0. The van der Waals surface area contributed by atoms with Gasteiger partial charge in [-0.25, -0.2) is 13.6 Å². The minimum atomic E-state index is -3.85. The number of aryl methyl sites for hydroxylation is 1. The molecule has 0 bridgehead atoms. The molecule has 0 spiro atoms. The maximum atomic E-state index is 12.2. The van der Waals surface area contributed by atoms with Crippen LogP contribution in [-0.2, 0) is 16.4 Å². The smallest absolute Gasteiger partial charge is 0.238 e. The number of hydrogen-bond acceptors (Lipinski definition) is 5. The summed E-state index contributed by atoms with van der Waals surface area (Å²) < 4.78 is 24.3. The van der Waals surface area contributed by atoms with E-state index in [-0.39, 0.29) is 16.7 Å². The number of benzene rings is 4. The third kappa shape index (κ3) is 5.41. The maximum absolute atomic E-state index is 12.2. The molecule has 1 aliphatic rings. The van der Waals surface area contributed by atoms with Gasteiger partial charge < -0.3 is 10.0 Å². The van der Waals surface area contributed by atoms with Gasteiger partial charge in [0.25, 0.3) is 0 Å². The predicted octanol–water partition coefficient (Wildman–Crippen LogP) is 6.47. The summed E-state index contributed by atoms with van der Waals surface area (Å²) in [4.78, 5) is 7.39. The molecule has 5 rings (SSSR count). The van der Waals surface area contributed by atoms with E-state index in [0.717, 1.165) is 44.9 Å². The summed E-state index contributed by atoms with van der Waals surface area (Å²) in [5.41, 5.74) is 7.80. The molecule has 1 heterocycles. The van der Waals surface area contributed by atoms with Crippen LogP contribution in [0.2, 0.25) is 5.02 Å². The third-order valence-electron chi connectivity index (χ3n) is 7.40. The maximum Gasteiger partial charge on any atom is 0.238 e. The molecule has 0 aliphatic carbocycles. The zero-order valence-corrected chi connectivity index (χ0v) is 23.9. The summed E-state index contributed by atoms with van der Waals surface area (Å²) >= 11 is 6.42. The SMILES string of the molecule is C=C1C(CCc2ccccc2-c2cccc(S(N)(=O)=O)c2C)N=C(c2ccc(O)cc2)c2cc(Cl)ccc2N1C. The van der Waals surface area contributed by atoms with Crippen LogP contribution in [0.4, 0.5) is 5.69 Å². The molecular weight excluding hydrogens is 542 g/mol. The van der Waals surface area contributed by atoms with Crippen molar-refractivity contribution < 1.29 is 13.5 Å². The fourth-order valence-corrected chi connectivity index (χ4v) is 6.23. The molecule has 0 aromatic heterocycles. The molecule has 4 aromatic rings. The molecule has 0 saturated carbocycles. The molecule has 3 N–H and O–H groups in total. The Labute approximate surface area is 240 Å². The molecule has 1 aliphatic heterocycles. The standard InChI is InChI=1S/C32H30ClN3O3S/c1-20-26(9-6-10-31(20)40(34,38)39)27-8-5-4-7-22(27)13-17-29-21(2)36(3)30-18-14-24(33)19-28(30)32(35-29)23-11-15-25(37)16-12-23/h4-12,14-16,18-19,29,37H,2,13,17H2,1,3H3,(H2,34,38,39). The highest BCUT2D eigenvalue weighted by atomic mass is 35.5. The van der Waals surface area contributed by atoms with Gasteiger partial charge >= 0.3 is 0 Å². The van der Waals surface area contributed by atoms with Crippen molar-refractivity contribution in [2.75, 3.05) is 11.9 Å². The van der Waals surface area contributed by atoms with Crippen molar-refractivity contribution in [3.8, 4) is 16.9 Å². The average Bonchev–Trinajstić information content (AvgIpc) is 3.02. The van der Waals surface area contributed by atoms with E-state index in [2.05, 4.69) is 17.5 Å². The van der Waals surface area contributed by atoms with E-state index < -0.39 is 10.0 Å². The number of hydrogen-bond donors (Lipinski definition) is 2. The number of nitrogens with zero attached hydrogens (tertiary/aromatic N) is 2. The molecule has 8 heteroatoms. The second kappa shape index (κ2) is 10.9. The number of aromatic hydroxyl groups is 1. The number of fused-ring (bicyclic) bond motifs is 1. The minimum absolute atomic E-state index is 0.123. The summed E-state index contributed by atoms with van der Waals surface area (Å²) in [6, 6.07) is 25.6. The number of primary sulfonamides is 1. The van der Waals surface area contributed by atoms with Crippen LogP contribution in [0.15, 0.2) is 107 Å². The number of halogens is 1. The molecule has 1 unspecified atom stereocenters. The second-order valence-electron chi connectivity index (χ2n) is 9.92. The Morgan fingerprint density at radius 1 is 0.975 bits per heavy atom. The number of rotatable bonds is 6. The molecule has 0 fully saturated rings. The van der Waals surface area contributed by atoms with E-state index in [1.54, 1.807) is 25.1 Å². The normalized spacial score (nSPS) is 15.4. The largest absolute Gasteiger partial charge is 0.508 e. The van der Waals surface area contributed by atoms with E-state index in [1.807, 2.05) is 61.6 Å². The Bertz CT molecular complexity index is 1750. The Hall–Kier alpha value is -3.91. The minimum Gasteiger partial charge on any atom is -0.508 e. The monoisotopic (exact) mass is 571 g/mol. The fraction of sp³-hybridized carbons (Fsp3) is 0.156. The van der Waals surface area contributed by atoms with Crippen molar-refractivity contribution in [1.82, 2.24) is 0 Å². The lowest BCUT2D eigenvalue weighted by Gasteiger charge is -2.25. The highest BCUT2D eigenvalue weighted by Gasteiger charge is 2.27. The predicted molar refractivity (Wildman–Crippen MR) is 163 cm³/mol. The van der Waals surface area contributed by atoms with E-state index in [4.69, 9.17) is 21.7 Å². The first-order valence-electron chi connectivity index (χ1n) is 12.8. The Balaban J connectivity index is 1.55. The summed E-state index contributed by atoms with van der Waals surface area (Å²) in [7, 11) is -1.87.